The van der Waals surface area contributed by atoms with Gasteiger partial charge in [0, 0.05) is 26.9 Å². The molecule has 1 aliphatic rings. The van der Waals surface area contributed by atoms with Crippen LogP contribution in [0.3, 0.4) is 0 Å². The van der Waals surface area contributed by atoms with Crippen molar-refractivity contribution in [3.8, 4) is 0 Å². The van der Waals surface area contributed by atoms with Crippen LogP contribution in [0.2, 0.25) is 0 Å². The summed E-state index contributed by atoms with van der Waals surface area (Å²) >= 11 is 0. The molecular formula is C19H32N2O4. The van der Waals surface area contributed by atoms with E-state index in [4.69, 9.17) is 0 Å². The Labute approximate surface area is 150 Å². The number of likely N-dealkylation sites (tertiary alicyclic amines) is 1. The molecule has 0 aromatic heterocycles. The minimum Gasteiger partial charge on any atom is -0.334 e. The quantitative estimate of drug-likeness (QED) is 0.596. The topological polar surface area (TPSA) is 74.8 Å². The van der Waals surface area contributed by atoms with Gasteiger partial charge in [-0.2, -0.15) is 0 Å². The molecule has 0 radical (unpaired) electrons. The summed E-state index contributed by atoms with van der Waals surface area (Å²) in [7, 11) is 1.65. The lowest BCUT2D eigenvalue weighted by Crippen LogP contribution is -2.52. The van der Waals surface area contributed by atoms with Crippen LogP contribution in [0.25, 0.3) is 0 Å². The fourth-order valence-electron chi connectivity index (χ4n) is 3.33. The molecule has 1 aliphatic heterocycles. The SMILES string of the molecule is CCCCC(=O)C(CC(C)C)N(C)C(=O)[C@@H]1CCCN1C(=O)C(C)=O. The van der Waals surface area contributed by atoms with Gasteiger partial charge in [0.25, 0.3) is 5.91 Å². The molecule has 25 heavy (non-hydrogen) atoms. The Morgan fingerprint density at radius 2 is 1.84 bits per heavy atom. The number of rotatable bonds is 9. The first-order chi connectivity index (χ1) is 11.7. The minimum atomic E-state index is -0.630. The van der Waals surface area contributed by atoms with E-state index in [-0.39, 0.29) is 17.6 Å². The normalized spacial score (nSPS) is 18.3. The third-order valence-electron chi connectivity index (χ3n) is 4.76. The molecule has 1 saturated heterocycles. The molecule has 0 saturated carbocycles. The molecular weight excluding hydrogens is 320 g/mol. The van der Waals surface area contributed by atoms with Crippen molar-refractivity contribution in [2.75, 3.05) is 13.6 Å². The van der Waals surface area contributed by atoms with Gasteiger partial charge in [0.2, 0.25) is 11.7 Å². The van der Waals surface area contributed by atoms with Crippen LogP contribution in [0.1, 0.15) is 66.2 Å². The van der Waals surface area contributed by atoms with Crippen LogP contribution in [0.5, 0.6) is 0 Å². The van der Waals surface area contributed by atoms with Gasteiger partial charge in [-0.25, -0.2) is 0 Å². The predicted octanol–water partition coefficient (Wildman–Crippen LogP) is 2.20. The summed E-state index contributed by atoms with van der Waals surface area (Å²) in [6.45, 7) is 7.73. The maximum absolute atomic E-state index is 13.0. The Hall–Kier alpha value is -1.72. The van der Waals surface area contributed by atoms with E-state index in [1.165, 1.54) is 16.7 Å². The summed E-state index contributed by atoms with van der Waals surface area (Å²) in [5, 5.41) is 0. The smallest absolute Gasteiger partial charge is 0.290 e. The van der Waals surface area contributed by atoms with Gasteiger partial charge in [0.1, 0.15) is 6.04 Å². The lowest BCUT2D eigenvalue weighted by Gasteiger charge is -2.33. The number of hydrogen-bond acceptors (Lipinski definition) is 4. The Kier molecular flexibility index (Phi) is 8.26. The zero-order chi connectivity index (χ0) is 19.1. The van der Waals surface area contributed by atoms with Crippen molar-refractivity contribution in [3.63, 3.8) is 0 Å². The highest BCUT2D eigenvalue weighted by molar-refractivity contribution is 6.35. The van der Waals surface area contributed by atoms with Gasteiger partial charge in [-0.3, -0.25) is 19.2 Å². The van der Waals surface area contributed by atoms with Crippen LogP contribution in [0.15, 0.2) is 0 Å². The van der Waals surface area contributed by atoms with Gasteiger partial charge >= 0.3 is 0 Å². The Morgan fingerprint density at radius 1 is 1.20 bits per heavy atom. The second kappa shape index (κ2) is 9.68. The zero-order valence-corrected chi connectivity index (χ0v) is 16.2. The average molecular weight is 352 g/mol. The van der Waals surface area contributed by atoms with Crippen LogP contribution in [-0.4, -0.2) is 58.9 Å². The van der Waals surface area contributed by atoms with Crippen molar-refractivity contribution in [2.45, 2.75) is 78.3 Å². The van der Waals surface area contributed by atoms with Crippen molar-refractivity contribution in [3.05, 3.63) is 0 Å². The first kappa shape index (κ1) is 21.3. The number of nitrogens with zero attached hydrogens (tertiary/aromatic N) is 2. The van der Waals surface area contributed by atoms with Gasteiger partial charge in [-0.15, -0.1) is 0 Å². The Bertz CT molecular complexity index is 516. The largest absolute Gasteiger partial charge is 0.334 e. The summed E-state index contributed by atoms with van der Waals surface area (Å²) in [5.74, 6) is -1.04. The van der Waals surface area contributed by atoms with Gasteiger partial charge in [0.05, 0.1) is 6.04 Å². The molecule has 1 rings (SSSR count). The molecule has 0 N–H and O–H groups in total. The number of hydrogen-bond donors (Lipinski definition) is 0. The van der Waals surface area contributed by atoms with E-state index in [9.17, 15) is 19.2 Å². The lowest BCUT2D eigenvalue weighted by atomic mass is 9.95. The summed E-state index contributed by atoms with van der Waals surface area (Å²) < 4.78 is 0. The summed E-state index contributed by atoms with van der Waals surface area (Å²) in [4.78, 5) is 51.9. The molecule has 0 aliphatic carbocycles. The van der Waals surface area contributed by atoms with Gasteiger partial charge in [-0.05, 0) is 31.6 Å². The highest BCUT2D eigenvalue weighted by atomic mass is 16.2. The molecule has 0 aromatic carbocycles. The lowest BCUT2D eigenvalue weighted by molar-refractivity contribution is -0.150. The van der Waals surface area contributed by atoms with E-state index in [0.29, 0.717) is 32.2 Å². The molecule has 142 valence electrons. The van der Waals surface area contributed by atoms with Crippen molar-refractivity contribution in [1.82, 2.24) is 9.80 Å². The standard InChI is InChI=1S/C19H32N2O4/c1-6-7-10-17(23)16(12-13(2)3)20(5)19(25)15-9-8-11-21(15)18(24)14(4)22/h13,15-16H,6-12H2,1-5H3/t15-,16?/m0/s1. The third-order valence-corrected chi connectivity index (χ3v) is 4.76. The number of unbranched alkanes of at least 4 members (excludes halogenated alkanes) is 1. The fraction of sp³-hybridized carbons (Fsp3) is 0.789. The van der Waals surface area contributed by atoms with Crippen LogP contribution >= 0.6 is 0 Å². The molecule has 0 aromatic rings. The minimum absolute atomic E-state index is 0.0776. The first-order valence-electron chi connectivity index (χ1n) is 9.31. The van der Waals surface area contributed by atoms with E-state index >= 15 is 0 Å². The van der Waals surface area contributed by atoms with Crippen molar-refractivity contribution in [2.24, 2.45) is 5.92 Å². The van der Waals surface area contributed by atoms with E-state index in [0.717, 1.165) is 12.8 Å². The first-order valence-corrected chi connectivity index (χ1v) is 9.31. The second-order valence-corrected chi connectivity index (χ2v) is 7.38. The van der Waals surface area contributed by atoms with Crippen LogP contribution in [0, 0.1) is 5.92 Å². The Balaban J connectivity index is 2.92. The van der Waals surface area contributed by atoms with Gasteiger partial charge in [-0.1, -0.05) is 27.2 Å². The maximum Gasteiger partial charge on any atom is 0.290 e. The molecule has 1 fully saturated rings. The fourth-order valence-corrected chi connectivity index (χ4v) is 3.33. The van der Waals surface area contributed by atoms with Crippen molar-refractivity contribution >= 4 is 23.4 Å². The van der Waals surface area contributed by atoms with Gasteiger partial charge < -0.3 is 9.80 Å². The van der Waals surface area contributed by atoms with Crippen molar-refractivity contribution < 1.29 is 19.2 Å². The van der Waals surface area contributed by atoms with Crippen LogP contribution in [0.4, 0.5) is 0 Å². The third kappa shape index (κ3) is 5.65. The summed E-state index contributed by atoms with van der Waals surface area (Å²) in [5.41, 5.74) is 0. The van der Waals surface area contributed by atoms with Gasteiger partial charge in [0.15, 0.2) is 5.78 Å². The molecule has 2 atom stereocenters. The molecule has 1 heterocycles. The number of ketones is 2. The molecule has 1 unspecified atom stereocenters. The van der Waals surface area contributed by atoms with E-state index in [1.807, 2.05) is 20.8 Å². The molecule has 0 bridgehead atoms. The number of likely N-dealkylation sites (N-methyl/N-ethyl adjacent to an activating group) is 1. The van der Waals surface area contributed by atoms with Crippen molar-refractivity contribution in [1.29, 1.82) is 0 Å². The predicted molar refractivity (Wildman–Crippen MR) is 96.0 cm³/mol. The summed E-state index contributed by atoms with van der Waals surface area (Å²) in [6.07, 6.45) is 4.06. The zero-order valence-electron chi connectivity index (χ0n) is 16.2. The summed E-state index contributed by atoms with van der Waals surface area (Å²) in [6, 6.07) is -1.09. The number of carbonyl (C=O) groups excluding carboxylic acids is 4. The molecule has 6 heteroatoms. The van der Waals surface area contributed by atoms with Crippen LogP contribution in [-0.2, 0) is 19.2 Å². The second-order valence-electron chi connectivity index (χ2n) is 7.38. The highest BCUT2D eigenvalue weighted by Gasteiger charge is 2.39. The number of Topliss-reactive ketones (excluding diaryl/α,β-unsaturated/α-hetero) is 2. The maximum atomic E-state index is 13.0. The monoisotopic (exact) mass is 352 g/mol. The van der Waals surface area contributed by atoms with Crippen LogP contribution < -0.4 is 0 Å². The number of amides is 2. The molecule has 0 spiro atoms. The Morgan fingerprint density at radius 3 is 2.36 bits per heavy atom. The molecule has 2 amide bonds. The van der Waals surface area contributed by atoms with E-state index in [2.05, 4.69) is 0 Å². The average Bonchev–Trinajstić information content (AvgIpc) is 3.04. The highest BCUT2D eigenvalue weighted by Crippen LogP contribution is 2.22. The van der Waals surface area contributed by atoms with E-state index in [1.54, 1.807) is 7.05 Å². The molecule has 6 nitrogen and oxygen atoms in total. The number of carbonyl (C=O) groups is 4. The van der Waals surface area contributed by atoms with E-state index < -0.39 is 23.8 Å².